The molecule has 6 heteroatoms. The van der Waals surface area contributed by atoms with Crippen LogP contribution in [0.1, 0.15) is 12.7 Å². The van der Waals surface area contributed by atoms with Crippen LogP contribution in [-0.2, 0) is 12.4 Å². The van der Waals surface area contributed by atoms with Crippen molar-refractivity contribution in [3.05, 3.63) is 18.1 Å². The van der Waals surface area contributed by atoms with Crippen LogP contribution in [0.15, 0.2) is 16.8 Å². The molecule has 0 fully saturated rings. The van der Waals surface area contributed by atoms with E-state index in [2.05, 4.69) is 15.2 Å². The number of aryl methyl sites for hydroxylation is 1. The van der Waals surface area contributed by atoms with Crippen molar-refractivity contribution in [2.45, 2.75) is 19.3 Å². The molecule has 0 aliphatic rings. The minimum Gasteiger partial charge on any atom is -0.332 e. The Balaban J connectivity index is 2.38. The number of nitrogens with zero attached hydrogens (tertiary/aromatic N) is 4. The van der Waals surface area contributed by atoms with Crippen molar-refractivity contribution in [1.29, 1.82) is 0 Å². The summed E-state index contributed by atoms with van der Waals surface area (Å²) in [7, 11) is 0. The summed E-state index contributed by atoms with van der Waals surface area (Å²) in [6.07, 6.45) is 1.70. The van der Waals surface area contributed by atoms with Crippen LogP contribution in [-0.4, -0.2) is 19.9 Å². The molecule has 0 saturated heterocycles. The lowest BCUT2D eigenvalue weighted by atomic mass is 10.4. The quantitative estimate of drug-likeness (QED) is 0.727. The Kier molecular flexibility index (Phi) is 2.49. The Labute approximate surface area is 85.7 Å². The molecule has 2 aromatic heterocycles. The van der Waals surface area contributed by atoms with Crippen molar-refractivity contribution in [2.24, 2.45) is 0 Å². The molecule has 74 valence electrons. The van der Waals surface area contributed by atoms with Gasteiger partial charge in [0.05, 0.1) is 5.88 Å². The lowest BCUT2D eigenvalue weighted by Gasteiger charge is -1.97. The van der Waals surface area contributed by atoms with Crippen LogP contribution in [0.5, 0.6) is 0 Å². The molecular weight excluding hydrogens is 204 g/mol. The Morgan fingerprint density at radius 1 is 1.57 bits per heavy atom. The van der Waals surface area contributed by atoms with E-state index in [0.29, 0.717) is 11.7 Å². The number of aromatic nitrogens is 4. The van der Waals surface area contributed by atoms with Crippen LogP contribution in [0.3, 0.4) is 0 Å². The van der Waals surface area contributed by atoms with Crippen LogP contribution in [0.25, 0.3) is 11.6 Å². The van der Waals surface area contributed by atoms with Gasteiger partial charge in [-0.3, -0.25) is 4.68 Å². The number of hydrogen-bond acceptors (Lipinski definition) is 4. The number of hydrogen-bond donors (Lipinski definition) is 0. The van der Waals surface area contributed by atoms with Gasteiger partial charge in [0, 0.05) is 12.7 Å². The van der Waals surface area contributed by atoms with Gasteiger partial charge >= 0.3 is 0 Å². The van der Waals surface area contributed by atoms with E-state index in [-0.39, 0.29) is 5.88 Å². The highest BCUT2D eigenvalue weighted by molar-refractivity contribution is 6.16. The van der Waals surface area contributed by atoms with Gasteiger partial charge in [0.15, 0.2) is 5.82 Å². The molecule has 5 nitrogen and oxygen atoms in total. The fraction of sp³-hybridized carbons (Fsp3) is 0.375. The van der Waals surface area contributed by atoms with Gasteiger partial charge in [-0.2, -0.15) is 10.1 Å². The zero-order valence-electron chi connectivity index (χ0n) is 7.64. The van der Waals surface area contributed by atoms with Crippen LogP contribution in [0.4, 0.5) is 0 Å². The fourth-order valence-electron chi connectivity index (χ4n) is 1.18. The minimum absolute atomic E-state index is 0.254. The maximum absolute atomic E-state index is 5.57. The predicted molar refractivity (Wildman–Crippen MR) is 50.8 cm³/mol. The number of halogens is 1. The number of alkyl halides is 1. The average molecular weight is 213 g/mol. The van der Waals surface area contributed by atoms with E-state index in [1.807, 2.05) is 13.0 Å². The third-order valence-corrected chi connectivity index (χ3v) is 2.06. The van der Waals surface area contributed by atoms with E-state index < -0.39 is 0 Å². The van der Waals surface area contributed by atoms with Gasteiger partial charge in [0.25, 0.3) is 5.89 Å². The van der Waals surface area contributed by atoms with Gasteiger partial charge in [-0.25, -0.2) is 0 Å². The average Bonchev–Trinajstić information content (AvgIpc) is 2.85. The third-order valence-electron chi connectivity index (χ3n) is 1.82. The maximum atomic E-state index is 5.57. The lowest BCUT2D eigenvalue weighted by Crippen LogP contribution is -1.98. The summed E-state index contributed by atoms with van der Waals surface area (Å²) in [4.78, 5) is 4.11. The molecule has 2 heterocycles. The zero-order valence-corrected chi connectivity index (χ0v) is 8.40. The topological polar surface area (TPSA) is 56.7 Å². The highest BCUT2D eigenvalue weighted by Gasteiger charge is 2.11. The molecule has 0 amide bonds. The summed E-state index contributed by atoms with van der Waals surface area (Å²) in [6.45, 7) is 2.76. The minimum atomic E-state index is 0.254. The highest BCUT2D eigenvalue weighted by atomic mass is 35.5. The smallest absolute Gasteiger partial charge is 0.276 e. The predicted octanol–water partition coefficient (Wildman–Crippen LogP) is 1.69. The van der Waals surface area contributed by atoms with Gasteiger partial charge < -0.3 is 4.52 Å². The Morgan fingerprint density at radius 2 is 2.43 bits per heavy atom. The first-order valence-electron chi connectivity index (χ1n) is 4.26. The number of rotatable bonds is 3. The standard InChI is InChI=1S/C8H9ClN4O/c1-2-13-6(3-4-10-13)8-11-7(5-9)12-14-8/h3-4H,2,5H2,1H3. The molecule has 0 atom stereocenters. The van der Waals surface area contributed by atoms with E-state index in [9.17, 15) is 0 Å². The van der Waals surface area contributed by atoms with Crippen molar-refractivity contribution in [3.8, 4) is 11.6 Å². The van der Waals surface area contributed by atoms with Gasteiger partial charge in [-0.05, 0) is 13.0 Å². The van der Waals surface area contributed by atoms with Crippen molar-refractivity contribution >= 4 is 11.6 Å². The molecule has 0 aliphatic heterocycles. The van der Waals surface area contributed by atoms with E-state index in [0.717, 1.165) is 12.2 Å². The summed E-state index contributed by atoms with van der Waals surface area (Å²) < 4.78 is 6.82. The van der Waals surface area contributed by atoms with Crippen molar-refractivity contribution in [1.82, 2.24) is 19.9 Å². The highest BCUT2D eigenvalue weighted by Crippen LogP contribution is 2.16. The fourth-order valence-corrected chi connectivity index (χ4v) is 1.29. The summed E-state index contributed by atoms with van der Waals surface area (Å²) in [5, 5.41) is 7.81. The summed E-state index contributed by atoms with van der Waals surface area (Å²) in [5.74, 6) is 1.20. The van der Waals surface area contributed by atoms with Gasteiger partial charge in [0.2, 0.25) is 0 Å². The second-order valence-corrected chi connectivity index (χ2v) is 2.95. The van der Waals surface area contributed by atoms with Crippen LogP contribution >= 0.6 is 11.6 Å². The Hall–Kier alpha value is -1.36. The van der Waals surface area contributed by atoms with Crippen LogP contribution in [0.2, 0.25) is 0 Å². The third kappa shape index (κ3) is 1.50. The molecule has 0 aromatic carbocycles. The first-order chi connectivity index (χ1) is 6.85. The van der Waals surface area contributed by atoms with Crippen molar-refractivity contribution in [3.63, 3.8) is 0 Å². The molecule has 0 radical (unpaired) electrons. The van der Waals surface area contributed by atoms with Crippen LogP contribution < -0.4 is 0 Å². The van der Waals surface area contributed by atoms with Crippen molar-refractivity contribution < 1.29 is 4.52 Å². The van der Waals surface area contributed by atoms with Crippen LogP contribution in [0, 0.1) is 0 Å². The first-order valence-corrected chi connectivity index (χ1v) is 4.79. The Bertz CT molecular complexity index is 422. The van der Waals surface area contributed by atoms with E-state index >= 15 is 0 Å². The van der Waals surface area contributed by atoms with Crippen molar-refractivity contribution in [2.75, 3.05) is 0 Å². The molecular formula is C8H9ClN4O. The second-order valence-electron chi connectivity index (χ2n) is 2.68. The molecule has 0 bridgehead atoms. The second kappa shape index (κ2) is 3.79. The molecule has 0 saturated carbocycles. The molecule has 0 aliphatic carbocycles. The molecule has 2 aromatic rings. The SMILES string of the molecule is CCn1nccc1-c1nc(CCl)no1. The van der Waals surface area contributed by atoms with E-state index in [1.165, 1.54) is 0 Å². The van der Waals surface area contributed by atoms with E-state index in [1.54, 1.807) is 10.9 Å². The van der Waals surface area contributed by atoms with Gasteiger partial charge in [-0.1, -0.05) is 5.16 Å². The molecule has 0 unspecified atom stereocenters. The zero-order chi connectivity index (χ0) is 9.97. The summed E-state index contributed by atoms with van der Waals surface area (Å²) in [5.41, 5.74) is 0.816. The summed E-state index contributed by atoms with van der Waals surface area (Å²) in [6, 6.07) is 1.83. The molecule has 0 spiro atoms. The maximum Gasteiger partial charge on any atom is 0.276 e. The Morgan fingerprint density at radius 3 is 3.07 bits per heavy atom. The largest absolute Gasteiger partial charge is 0.332 e. The molecule has 2 rings (SSSR count). The molecule has 0 N–H and O–H groups in total. The first kappa shape index (κ1) is 9.21. The molecule has 14 heavy (non-hydrogen) atoms. The monoisotopic (exact) mass is 212 g/mol. The summed E-state index contributed by atoms with van der Waals surface area (Å²) >= 11 is 5.57. The van der Waals surface area contributed by atoms with E-state index in [4.69, 9.17) is 16.1 Å². The normalized spacial score (nSPS) is 10.7. The lowest BCUT2D eigenvalue weighted by molar-refractivity contribution is 0.420. The van der Waals surface area contributed by atoms with Gasteiger partial charge in [0.1, 0.15) is 5.69 Å². The van der Waals surface area contributed by atoms with Gasteiger partial charge in [-0.15, -0.1) is 11.6 Å².